The number of allylic oxidation sites excluding steroid dienone is 1. The molecular weight excluding hydrogens is 240 g/mol. The molecule has 0 atom stereocenters. The summed E-state index contributed by atoms with van der Waals surface area (Å²) >= 11 is 2.13. The molecule has 1 nitrogen and oxygen atoms in total. The van der Waals surface area contributed by atoms with Crippen molar-refractivity contribution in [3.05, 3.63) is 11.8 Å². The first kappa shape index (κ1) is 14.3. The molecule has 2 aliphatic rings. The van der Waals surface area contributed by atoms with E-state index in [0.29, 0.717) is 5.41 Å². The Bertz CT molecular complexity index is 258. The monoisotopic (exact) mass is 268 g/mol. The molecule has 0 aromatic carbocycles. The molecule has 2 heteroatoms. The maximum Gasteiger partial charge on any atom is 0.0873 e. The van der Waals surface area contributed by atoms with Crippen LogP contribution in [0, 0.1) is 5.41 Å². The molecule has 0 spiro atoms. The van der Waals surface area contributed by atoms with E-state index in [0.717, 1.165) is 6.61 Å². The molecule has 0 radical (unpaired) electrons. The van der Waals surface area contributed by atoms with Crippen molar-refractivity contribution in [1.82, 2.24) is 0 Å². The van der Waals surface area contributed by atoms with Crippen LogP contribution < -0.4 is 0 Å². The molecule has 2 fully saturated rings. The van der Waals surface area contributed by atoms with Gasteiger partial charge < -0.3 is 4.74 Å². The molecule has 0 amide bonds. The molecule has 1 aliphatic heterocycles. The zero-order valence-corrected chi connectivity index (χ0v) is 12.7. The number of ether oxygens (including phenoxy) is 1. The minimum absolute atomic E-state index is 0.648. The van der Waals surface area contributed by atoms with Crippen LogP contribution in [0.3, 0.4) is 0 Å². The molecule has 2 rings (SSSR count). The molecule has 18 heavy (non-hydrogen) atoms. The lowest BCUT2D eigenvalue weighted by atomic mass is 9.76. The number of hydrogen-bond donors (Lipinski definition) is 0. The lowest BCUT2D eigenvalue weighted by molar-refractivity contribution is 0.177. The van der Waals surface area contributed by atoms with Gasteiger partial charge in [-0.15, -0.1) is 0 Å². The van der Waals surface area contributed by atoms with E-state index >= 15 is 0 Å². The fourth-order valence-electron chi connectivity index (χ4n) is 3.24. The molecule has 0 N–H and O–H groups in total. The maximum atomic E-state index is 5.73. The van der Waals surface area contributed by atoms with Crippen LogP contribution in [0.1, 0.15) is 64.7 Å². The van der Waals surface area contributed by atoms with Gasteiger partial charge in [-0.2, -0.15) is 11.8 Å². The summed E-state index contributed by atoms with van der Waals surface area (Å²) in [5.41, 5.74) is 2.18. The minimum Gasteiger partial charge on any atom is -0.501 e. The van der Waals surface area contributed by atoms with E-state index in [2.05, 4.69) is 24.9 Å². The van der Waals surface area contributed by atoms with Crippen molar-refractivity contribution in [1.29, 1.82) is 0 Å². The Balaban J connectivity index is 1.62. The van der Waals surface area contributed by atoms with Crippen molar-refractivity contribution in [3.63, 3.8) is 0 Å². The van der Waals surface area contributed by atoms with E-state index < -0.39 is 0 Å². The molecule has 1 heterocycles. The highest BCUT2D eigenvalue weighted by Crippen LogP contribution is 2.41. The van der Waals surface area contributed by atoms with Crippen LogP contribution in [0.25, 0.3) is 0 Å². The Hall–Kier alpha value is -0.110. The summed E-state index contributed by atoms with van der Waals surface area (Å²) in [6.07, 6.45) is 14.2. The van der Waals surface area contributed by atoms with E-state index in [4.69, 9.17) is 4.74 Å². The number of thioether (sulfide) groups is 1. The van der Waals surface area contributed by atoms with Crippen molar-refractivity contribution in [2.24, 2.45) is 5.41 Å². The fraction of sp³-hybridized carbons (Fsp3) is 0.875. The topological polar surface area (TPSA) is 9.23 Å². The Morgan fingerprint density at radius 1 is 1.22 bits per heavy atom. The molecule has 1 saturated carbocycles. The zero-order chi connectivity index (χ0) is 12.7. The van der Waals surface area contributed by atoms with Crippen LogP contribution in [0.15, 0.2) is 11.8 Å². The second-order valence-corrected chi connectivity index (χ2v) is 7.15. The maximum absolute atomic E-state index is 5.73. The lowest BCUT2D eigenvalue weighted by Crippen LogP contribution is -2.25. The number of hydrogen-bond acceptors (Lipinski definition) is 2. The van der Waals surface area contributed by atoms with Gasteiger partial charge in [-0.3, -0.25) is 0 Å². The quantitative estimate of drug-likeness (QED) is 0.486. The first-order valence-electron chi connectivity index (χ1n) is 7.72. The average molecular weight is 268 g/mol. The Labute approximate surface area is 117 Å². The third-order valence-electron chi connectivity index (χ3n) is 4.77. The van der Waals surface area contributed by atoms with Gasteiger partial charge in [0.2, 0.25) is 0 Å². The molecule has 1 aliphatic carbocycles. The minimum atomic E-state index is 0.648. The molecule has 0 bridgehead atoms. The van der Waals surface area contributed by atoms with Crippen LogP contribution in [-0.2, 0) is 4.74 Å². The highest BCUT2D eigenvalue weighted by molar-refractivity contribution is 7.99. The highest BCUT2D eigenvalue weighted by Gasteiger charge is 2.29. The predicted octanol–water partition coefficient (Wildman–Crippen LogP) is 5.16. The summed E-state index contributed by atoms with van der Waals surface area (Å²) in [6, 6.07) is 0. The lowest BCUT2D eigenvalue weighted by Gasteiger charge is -2.36. The van der Waals surface area contributed by atoms with E-state index in [1.165, 1.54) is 74.9 Å². The third-order valence-corrected chi connectivity index (χ3v) is 5.75. The Morgan fingerprint density at radius 2 is 1.94 bits per heavy atom. The van der Waals surface area contributed by atoms with Gasteiger partial charge >= 0.3 is 0 Å². The van der Waals surface area contributed by atoms with Gasteiger partial charge in [-0.05, 0) is 73.9 Å². The average Bonchev–Trinajstić information content (AvgIpc) is 2.93. The molecule has 1 saturated heterocycles. The molecular formula is C16H28OS. The van der Waals surface area contributed by atoms with E-state index in [1.54, 1.807) is 0 Å². The molecule has 104 valence electrons. The third kappa shape index (κ3) is 4.22. The molecule has 0 aromatic heterocycles. The summed E-state index contributed by atoms with van der Waals surface area (Å²) in [6.45, 7) is 3.30. The SMILES string of the molecule is CCC1(CCCOC=C2CCCC2)CCSCC1. The smallest absolute Gasteiger partial charge is 0.0873 e. The molecule has 0 aromatic rings. The molecule has 0 unspecified atom stereocenters. The van der Waals surface area contributed by atoms with Crippen molar-refractivity contribution < 1.29 is 4.74 Å². The van der Waals surface area contributed by atoms with Crippen molar-refractivity contribution in [2.75, 3.05) is 18.1 Å². The standard InChI is InChI=1S/C16H28OS/c1-2-16(9-12-18-13-10-16)8-5-11-17-14-15-6-3-4-7-15/h14H,2-13H2,1H3. The zero-order valence-electron chi connectivity index (χ0n) is 11.9. The van der Waals surface area contributed by atoms with Gasteiger partial charge in [0.05, 0.1) is 12.9 Å². The van der Waals surface area contributed by atoms with Crippen LogP contribution in [0.5, 0.6) is 0 Å². The van der Waals surface area contributed by atoms with E-state index in [1.807, 2.05) is 0 Å². The largest absolute Gasteiger partial charge is 0.501 e. The summed E-state index contributed by atoms with van der Waals surface area (Å²) in [5.74, 6) is 2.75. The predicted molar refractivity (Wildman–Crippen MR) is 81.0 cm³/mol. The van der Waals surface area contributed by atoms with Crippen molar-refractivity contribution in [3.8, 4) is 0 Å². The fourth-order valence-corrected chi connectivity index (χ4v) is 4.60. The second kappa shape index (κ2) is 7.47. The van der Waals surface area contributed by atoms with Gasteiger partial charge in [0.1, 0.15) is 0 Å². The first-order chi connectivity index (χ1) is 8.85. The van der Waals surface area contributed by atoms with Crippen LogP contribution in [0.4, 0.5) is 0 Å². The Morgan fingerprint density at radius 3 is 2.61 bits per heavy atom. The van der Waals surface area contributed by atoms with E-state index in [-0.39, 0.29) is 0 Å². The number of rotatable bonds is 6. The highest BCUT2D eigenvalue weighted by atomic mass is 32.2. The van der Waals surface area contributed by atoms with Crippen LogP contribution in [0.2, 0.25) is 0 Å². The first-order valence-corrected chi connectivity index (χ1v) is 8.87. The summed E-state index contributed by atoms with van der Waals surface area (Å²) < 4.78 is 5.73. The van der Waals surface area contributed by atoms with E-state index in [9.17, 15) is 0 Å². The Kier molecular flexibility index (Phi) is 5.94. The van der Waals surface area contributed by atoms with Gasteiger partial charge in [-0.25, -0.2) is 0 Å². The van der Waals surface area contributed by atoms with Gasteiger partial charge in [0, 0.05) is 0 Å². The second-order valence-electron chi connectivity index (χ2n) is 5.92. The van der Waals surface area contributed by atoms with Crippen LogP contribution in [-0.4, -0.2) is 18.1 Å². The normalized spacial score (nSPS) is 23.1. The van der Waals surface area contributed by atoms with Gasteiger partial charge in [0.15, 0.2) is 0 Å². The van der Waals surface area contributed by atoms with Crippen LogP contribution >= 0.6 is 11.8 Å². The van der Waals surface area contributed by atoms with Gasteiger partial charge in [-0.1, -0.05) is 13.3 Å². The summed E-state index contributed by atoms with van der Waals surface area (Å²) in [7, 11) is 0. The van der Waals surface area contributed by atoms with Gasteiger partial charge in [0.25, 0.3) is 0 Å². The summed E-state index contributed by atoms with van der Waals surface area (Å²) in [5, 5.41) is 0. The van der Waals surface area contributed by atoms with Crippen molar-refractivity contribution >= 4 is 11.8 Å². The summed E-state index contributed by atoms with van der Waals surface area (Å²) in [4.78, 5) is 0. The van der Waals surface area contributed by atoms with Crippen molar-refractivity contribution in [2.45, 2.75) is 64.7 Å².